The second kappa shape index (κ2) is 8.01. The number of anilines is 1. The van der Waals surface area contributed by atoms with Gasteiger partial charge in [0.1, 0.15) is 11.5 Å². The maximum absolute atomic E-state index is 13.4. The standard InChI is InChI=1S/C23H25ClFN5O2/c1-29-13-26-20(21(29)22(31)28-17-3-4-19(25)18(24)9-17)14-7-15-10-23(32,11-16(15)8-14)12-30-6-2-5-27-30/h2-6,9,13-16,32H,7-8,10-12H2,1H3,(H,28,31). The van der Waals surface area contributed by atoms with E-state index in [2.05, 4.69) is 15.4 Å². The van der Waals surface area contributed by atoms with Crippen molar-refractivity contribution in [2.45, 2.75) is 43.7 Å². The second-order valence-electron chi connectivity index (χ2n) is 9.20. The monoisotopic (exact) mass is 457 g/mol. The second-order valence-corrected chi connectivity index (χ2v) is 9.60. The third-order valence-electron chi connectivity index (χ3n) is 6.89. The van der Waals surface area contributed by atoms with Crippen LogP contribution in [0.4, 0.5) is 10.1 Å². The van der Waals surface area contributed by atoms with Gasteiger partial charge in [0.2, 0.25) is 0 Å². The van der Waals surface area contributed by atoms with Crippen molar-refractivity contribution in [2.75, 3.05) is 5.32 Å². The largest absolute Gasteiger partial charge is 0.388 e. The Hall–Kier alpha value is -2.71. The summed E-state index contributed by atoms with van der Waals surface area (Å²) in [6.07, 6.45) is 8.51. The fourth-order valence-corrected chi connectivity index (χ4v) is 5.79. The Kier molecular flexibility index (Phi) is 5.29. The summed E-state index contributed by atoms with van der Waals surface area (Å²) in [6, 6.07) is 5.97. The van der Waals surface area contributed by atoms with Gasteiger partial charge in [0.25, 0.3) is 5.91 Å². The number of aromatic nitrogens is 4. The quantitative estimate of drug-likeness (QED) is 0.606. The number of hydrogen-bond donors (Lipinski definition) is 2. The average Bonchev–Trinajstić information content (AvgIpc) is 3.49. The van der Waals surface area contributed by atoms with Crippen molar-refractivity contribution in [1.82, 2.24) is 19.3 Å². The number of carbonyl (C=O) groups is 1. The van der Waals surface area contributed by atoms with E-state index in [0.717, 1.165) is 31.4 Å². The molecule has 2 heterocycles. The minimum atomic E-state index is -0.738. The summed E-state index contributed by atoms with van der Waals surface area (Å²) in [4.78, 5) is 17.6. The number of amides is 1. The number of aliphatic hydroxyl groups is 1. The van der Waals surface area contributed by atoms with Gasteiger partial charge in [-0.2, -0.15) is 5.10 Å². The zero-order valence-corrected chi connectivity index (χ0v) is 18.5. The number of carbonyl (C=O) groups excluding carboxylic acids is 1. The van der Waals surface area contributed by atoms with Crippen molar-refractivity contribution < 1.29 is 14.3 Å². The van der Waals surface area contributed by atoms with Gasteiger partial charge in [0.05, 0.1) is 29.2 Å². The Bertz CT molecular complexity index is 1130. The van der Waals surface area contributed by atoms with E-state index in [0.29, 0.717) is 29.8 Å². The van der Waals surface area contributed by atoms with E-state index in [1.165, 1.54) is 18.2 Å². The number of nitrogens with one attached hydrogen (secondary N) is 1. The number of fused-ring (bicyclic) bond motifs is 1. The van der Waals surface area contributed by atoms with E-state index >= 15 is 0 Å². The SMILES string of the molecule is Cn1cnc(C2CC3CC(O)(Cn4cccn4)CC3C2)c1C(=O)Nc1ccc(F)c(Cl)c1. The molecule has 2 unspecified atom stereocenters. The van der Waals surface area contributed by atoms with E-state index in [4.69, 9.17) is 11.6 Å². The average molecular weight is 458 g/mol. The van der Waals surface area contributed by atoms with Crippen molar-refractivity contribution in [3.8, 4) is 0 Å². The van der Waals surface area contributed by atoms with Gasteiger partial charge < -0.3 is 15.0 Å². The third-order valence-corrected chi connectivity index (χ3v) is 7.18. The Morgan fingerprint density at radius 2 is 2.09 bits per heavy atom. The third kappa shape index (κ3) is 3.93. The lowest BCUT2D eigenvalue weighted by Crippen LogP contribution is -2.32. The first-order valence-corrected chi connectivity index (χ1v) is 11.2. The molecule has 2 N–H and O–H groups in total. The summed E-state index contributed by atoms with van der Waals surface area (Å²) in [6.45, 7) is 0.509. The minimum absolute atomic E-state index is 0.0424. The van der Waals surface area contributed by atoms with Gasteiger partial charge in [-0.05, 0) is 61.8 Å². The molecule has 32 heavy (non-hydrogen) atoms. The number of imidazole rings is 1. The van der Waals surface area contributed by atoms with E-state index in [1.807, 2.05) is 12.3 Å². The maximum Gasteiger partial charge on any atom is 0.274 e. The molecular formula is C23H25ClFN5O2. The Morgan fingerprint density at radius 1 is 1.34 bits per heavy atom. The van der Waals surface area contributed by atoms with Crippen molar-refractivity contribution in [3.05, 3.63) is 65.2 Å². The molecule has 3 aromatic rings. The highest BCUT2D eigenvalue weighted by atomic mass is 35.5. The number of aryl methyl sites for hydroxylation is 1. The molecule has 168 valence electrons. The van der Waals surface area contributed by atoms with Gasteiger partial charge >= 0.3 is 0 Å². The molecule has 9 heteroatoms. The van der Waals surface area contributed by atoms with Crippen LogP contribution in [0.25, 0.3) is 0 Å². The van der Waals surface area contributed by atoms with Crippen LogP contribution in [-0.2, 0) is 13.6 Å². The molecule has 1 amide bonds. The highest BCUT2D eigenvalue weighted by molar-refractivity contribution is 6.31. The topological polar surface area (TPSA) is 85.0 Å². The molecule has 0 bridgehead atoms. The summed E-state index contributed by atoms with van der Waals surface area (Å²) >= 11 is 5.84. The molecule has 2 aliphatic carbocycles. The number of rotatable bonds is 5. The van der Waals surface area contributed by atoms with Crippen molar-refractivity contribution in [2.24, 2.45) is 18.9 Å². The molecule has 0 radical (unpaired) electrons. The van der Waals surface area contributed by atoms with Crippen LogP contribution in [-0.4, -0.2) is 35.9 Å². The summed E-state index contributed by atoms with van der Waals surface area (Å²) in [7, 11) is 1.79. The molecular weight excluding hydrogens is 433 g/mol. The first kappa shape index (κ1) is 21.2. The van der Waals surface area contributed by atoms with Crippen molar-refractivity contribution in [3.63, 3.8) is 0 Å². The summed E-state index contributed by atoms with van der Waals surface area (Å²) < 4.78 is 16.9. The molecule has 2 saturated carbocycles. The lowest BCUT2D eigenvalue weighted by molar-refractivity contribution is 0.0176. The van der Waals surface area contributed by atoms with Gasteiger partial charge in [-0.3, -0.25) is 9.48 Å². The number of benzene rings is 1. The van der Waals surface area contributed by atoms with Crippen LogP contribution < -0.4 is 5.32 Å². The number of halogens is 2. The van der Waals surface area contributed by atoms with Gasteiger partial charge in [0, 0.05) is 31.0 Å². The Labute approximate surface area is 190 Å². The minimum Gasteiger partial charge on any atom is -0.388 e. The fourth-order valence-electron chi connectivity index (χ4n) is 5.61. The summed E-state index contributed by atoms with van der Waals surface area (Å²) in [5.41, 5.74) is 0.976. The highest BCUT2D eigenvalue weighted by Gasteiger charge is 2.50. The van der Waals surface area contributed by atoms with E-state index in [1.54, 1.807) is 28.8 Å². The van der Waals surface area contributed by atoms with Crippen molar-refractivity contribution >= 4 is 23.2 Å². The van der Waals surface area contributed by atoms with Crippen LogP contribution in [0, 0.1) is 17.7 Å². The van der Waals surface area contributed by atoms with Crippen LogP contribution >= 0.6 is 11.6 Å². The van der Waals surface area contributed by atoms with Gasteiger partial charge in [-0.15, -0.1) is 0 Å². The molecule has 2 fully saturated rings. The van der Waals surface area contributed by atoms with Gasteiger partial charge in [-0.25, -0.2) is 9.37 Å². The van der Waals surface area contributed by atoms with E-state index in [9.17, 15) is 14.3 Å². The summed E-state index contributed by atoms with van der Waals surface area (Å²) in [5.74, 6) is 0.132. The van der Waals surface area contributed by atoms with Crippen molar-refractivity contribution in [1.29, 1.82) is 0 Å². The normalized spacial score (nSPS) is 26.9. The summed E-state index contributed by atoms with van der Waals surface area (Å²) in [5, 5.41) is 18.1. The zero-order valence-electron chi connectivity index (χ0n) is 17.7. The first-order chi connectivity index (χ1) is 15.3. The number of hydrogen-bond acceptors (Lipinski definition) is 4. The Balaban J connectivity index is 1.29. The lowest BCUT2D eigenvalue weighted by atomic mass is 9.92. The number of nitrogens with zero attached hydrogens (tertiary/aromatic N) is 4. The molecule has 5 rings (SSSR count). The first-order valence-electron chi connectivity index (χ1n) is 10.8. The molecule has 2 atom stereocenters. The lowest BCUT2D eigenvalue weighted by Gasteiger charge is -2.24. The van der Waals surface area contributed by atoms with Gasteiger partial charge in [0.15, 0.2) is 0 Å². The molecule has 0 spiro atoms. The molecule has 7 nitrogen and oxygen atoms in total. The molecule has 1 aromatic carbocycles. The fraction of sp³-hybridized carbons (Fsp3) is 0.435. The predicted molar refractivity (Wildman–Crippen MR) is 118 cm³/mol. The van der Waals surface area contributed by atoms with Crippen LogP contribution in [0.5, 0.6) is 0 Å². The predicted octanol–water partition coefficient (Wildman–Crippen LogP) is 4.00. The van der Waals surface area contributed by atoms with E-state index in [-0.39, 0.29) is 16.8 Å². The molecule has 0 aliphatic heterocycles. The molecule has 2 aromatic heterocycles. The molecule has 0 saturated heterocycles. The molecule has 2 aliphatic rings. The Morgan fingerprint density at radius 3 is 2.75 bits per heavy atom. The smallest absolute Gasteiger partial charge is 0.274 e. The van der Waals surface area contributed by atoms with Crippen LogP contribution in [0.3, 0.4) is 0 Å². The van der Waals surface area contributed by atoms with Crippen LogP contribution in [0.1, 0.15) is 47.8 Å². The maximum atomic E-state index is 13.4. The van der Waals surface area contributed by atoms with E-state index < -0.39 is 11.4 Å². The van der Waals surface area contributed by atoms with Crippen LogP contribution in [0.2, 0.25) is 5.02 Å². The van der Waals surface area contributed by atoms with Crippen LogP contribution in [0.15, 0.2) is 43.0 Å². The highest BCUT2D eigenvalue weighted by Crippen LogP contribution is 2.54. The van der Waals surface area contributed by atoms with Gasteiger partial charge in [-0.1, -0.05) is 11.6 Å². The zero-order chi connectivity index (χ0) is 22.5.